The fourth-order valence-electron chi connectivity index (χ4n) is 3.70. The van der Waals surface area contributed by atoms with Crippen LogP contribution in [0.4, 0.5) is 27.5 Å². The summed E-state index contributed by atoms with van der Waals surface area (Å²) in [5, 5.41) is 2.84. The van der Waals surface area contributed by atoms with Gasteiger partial charge in [-0.05, 0) is 61.0 Å². The molecule has 3 aromatic carbocycles. The van der Waals surface area contributed by atoms with Gasteiger partial charge in [0.25, 0.3) is 11.8 Å². The topological polar surface area (TPSA) is 105 Å². The third kappa shape index (κ3) is 4.56. The monoisotopic (exact) mass is 444 g/mol. The number of nitrogens with one attached hydrogen (secondary N) is 1. The summed E-state index contributed by atoms with van der Waals surface area (Å²) in [7, 11) is 1.57. The van der Waals surface area contributed by atoms with E-state index in [4.69, 9.17) is 10.5 Å². The van der Waals surface area contributed by atoms with E-state index in [9.17, 15) is 14.4 Å². The number of methoxy groups -OCH3 is 1. The summed E-state index contributed by atoms with van der Waals surface area (Å²) < 4.78 is 5.01. The summed E-state index contributed by atoms with van der Waals surface area (Å²) >= 11 is 0. The van der Waals surface area contributed by atoms with Gasteiger partial charge in [0.2, 0.25) is 0 Å². The van der Waals surface area contributed by atoms with Gasteiger partial charge in [0, 0.05) is 31.6 Å². The number of carbonyl (C=O) groups excluding carboxylic acids is 3. The standard InChI is InChI=1S/C25H24N4O4/c1-33-15-5-14-28-23(30)21-13-10-18(16-22(21)24(28)31)27-25(32)29(19-6-3-2-4-7-19)20-11-8-17(26)9-12-20/h2-4,6-13,16H,5,14-15,26H2,1H3,(H,27,32). The van der Waals surface area contributed by atoms with Crippen molar-refractivity contribution >= 4 is 40.6 Å². The molecule has 0 spiro atoms. The molecule has 1 aliphatic rings. The number of urea groups is 1. The van der Waals surface area contributed by atoms with Crippen LogP contribution < -0.4 is 16.0 Å². The normalized spacial score (nSPS) is 12.6. The lowest BCUT2D eigenvalue weighted by Crippen LogP contribution is -2.31. The highest BCUT2D eigenvalue weighted by atomic mass is 16.5. The number of nitrogens with zero attached hydrogens (tertiary/aromatic N) is 2. The second kappa shape index (κ2) is 9.54. The van der Waals surface area contributed by atoms with Crippen LogP contribution in [0.15, 0.2) is 72.8 Å². The maximum Gasteiger partial charge on any atom is 0.330 e. The third-order valence-corrected chi connectivity index (χ3v) is 5.32. The van der Waals surface area contributed by atoms with Crippen LogP contribution in [0.1, 0.15) is 27.1 Å². The van der Waals surface area contributed by atoms with Crippen molar-refractivity contribution in [3.05, 3.63) is 83.9 Å². The zero-order chi connectivity index (χ0) is 23.4. The van der Waals surface area contributed by atoms with Crippen molar-refractivity contribution in [1.29, 1.82) is 0 Å². The first-order valence-electron chi connectivity index (χ1n) is 10.5. The molecule has 4 rings (SSSR count). The molecule has 0 saturated carbocycles. The van der Waals surface area contributed by atoms with Crippen LogP contribution in [-0.4, -0.2) is 43.0 Å². The van der Waals surface area contributed by atoms with Gasteiger partial charge in [0.15, 0.2) is 0 Å². The highest BCUT2D eigenvalue weighted by molar-refractivity contribution is 6.22. The van der Waals surface area contributed by atoms with Crippen molar-refractivity contribution in [3.8, 4) is 0 Å². The summed E-state index contributed by atoms with van der Waals surface area (Å²) in [5.41, 5.74) is 8.69. The van der Waals surface area contributed by atoms with Crippen molar-refractivity contribution in [2.45, 2.75) is 6.42 Å². The van der Waals surface area contributed by atoms with Crippen LogP contribution >= 0.6 is 0 Å². The van der Waals surface area contributed by atoms with Gasteiger partial charge in [-0.3, -0.25) is 19.4 Å². The van der Waals surface area contributed by atoms with Crippen molar-refractivity contribution in [2.75, 3.05) is 36.2 Å². The van der Waals surface area contributed by atoms with E-state index in [0.29, 0.717) is 41.3 Å². The smallest absolute Gasteiger partial charge is 0.330 e. The van der Waals surface area contributed by atoms with Gasteiger partial charge in [0.05, 0.1) is 22.5 Å². The van der Waals surface area contributed by atoms with Crippen LogP contribution in [-0.2, 0) is 4.74 Å². The molecule has 33 heavy (non-hydrogen) atoms. The molecule has 4 amide bonds. The predicted molar refractivity (Wildman–Crippen MR) is 127 cm³/mol. The zero-order valence-electron chi connectivity index (χ0n) is 18.2. The largest absolute Gasteiger partial charge is 0.399 e. The molecule has 168 valence electrons. The number of amides is 4. The van der Waals surface area contributed by atoms with Crippen molar-refractivity contribution in [2.24, 2.45) is 0 Å². The number of ether oxygens (including phenoxy) is 1. The highest BCUT2D eigenvalue weighted by Gasteiger charge is 2.35. The molecule has 0 fully saturated rings. The molecule has 0 aliphatic carbocycles. The number of carbonyl (C=O) groups is 3. The van der Waals surface area contributed by atoms with E-state index in [1.807, 2.05) is 30.3 Å². The van der Waals surface area contributed by atoms with Gasteiger partial charge >= 0.3 is 6.03 Å². The van der Waals surface area contributed by atoms with E-state index in [0.717, 1.165) is 0 Å². The second-order valence-electron chi connectivity index (χ2n) is 7.56. The number of para-hydroxylation sites is 1. The first-order chi connectivity index (χ1) is 16.0. The number of anilines is 4. The van der Waals surface area contributed by atoms with Crippen LogP contribution in [0.25, 0.3) is 0 Å². The van der Waals surface area contributed by atoms with E-state index >= 15 is 0 Å². The minimum atomic E-state index is -0.417. The Morgan fingerprint density at radius 3 is 2.30 bits per heavy atom. The lowest BCUT2D eigenvalue weighted by Gasteiger charge is -2.23. The van der Waals surface area contributed by atoms with Crippen LogP contribution in [0.5, 0.6) is 0 Å². The molecule has 0 atom stereocenters. The Balaban J connectivity index is 1.58. The van der Waals surface area contributed by atoms with Gasteiger partial charge < -0.3 is 15.8 Å². The van der Waals surface area contributed by atoms with Gasteiger partial charge in [-0.2, -0.15) is 0 Å². The molecule has 0 aromatic heterocycles. The number of fused-ring (bicyclic) bond motifs is 1. The minimum Gasteiger partial charge on any atom is -0.399 e. The molecular formula is C25H24N4O4. The molecule has 1 heterocycles. The number of imide groups is 1. The Labute approximate surface area is 191 Å². The molecule has 8 heteroatoms. The minimum absolute atomic E-state index is 0.272. The van der Waals surface area contributed by atoms with E-state index in [-0.39, 0.29) is 23.9 Å². The van der Waals surface area contributed by atoms with Gasteiger partial charge in [0.1, 0.15) is 0 Å². The van der Waals surface area contributed by atoms with Crippen LogP contribution in [0.2, 0.25) is 0 Å². The third-order valence-electron chi connectivity index (χ3n) is 5.32. The fourth-order valence-corrected chi connectivity index (χ4v) is 3.70. The van der Waals surface area contributed by atoms with Gasteiger partial charge in [-0.15, -0.1) is 0 Å². The molecule has 0 radical (unpaired) electrons. The zero-order valence-corrected chi connectivity index (χ0v) is 18.2. The average molecular weight is 444 g/mol. The first kappa shape index (κ1) is 22.0. The Morgan fingerprint density at radius 1 is 0.939 bits per heavy atom. The number of hydrogen-bond donors (Lipinski definition) is 2. The van der Waals surface area contributed by atoms with Crippen molar-refractivity contribution < 1.29 is 19.1 Å². The van der Waals surface area contributed by atoms with Crippen molar-refractivity contribution in [1.82, 2.24) is 4.90 Å². The number of rotatable bonds is 7. The second-order valence-corrected chi connectivity index (χ2v) is 7.56. The Kier molecular flexibility index (Phi) is 6.37. The van der Waals surface area contributed by atoms with Crippen molar-refractivity contribution in [3.63, 3.8) is 0 Å². The Hall–Kier alpha value is -4.17. The number of nitrogen functional groups attached to an aromatic ring is 1. The summed E-state index contributed by atoms with van der Waals surface area (Å²) in [5.74, 6) is -0.711. The predicted octanol–water partition coefficient (Wildman–Crippen LogP) is 4.27. The Bertz CT molecular complexity index is 1180. The molecular weight excluding hydrogens is 420 g/mol. The maximum atomic E-state index is 13.3. The molecule has 0 saturated heterocycles. The number of nitrogens with two attached hydrogens (primary N) is 1. The molecule has 0 unspecified atom stereocenters. The van der Waals surface area contributed by atoms with Gasteiger partial charge in [-0.1, -0.05) is 18.2 Å². The quantitative estimate of drug-likeness (QED) is 0.322. The maximum absolute atomic E-state index is 13.3. The summed E-state index contributed by atoms with van der Waals surface area (Å²) in [4.78, 5) is 41.4. The summed E-state index contributed by atoms with van der Waals surface area (Å²) in [6.45, 7) is 0.732. The van der Waals surface area contributed by atoms with E-state index < -0.39 is 6.03 Å². The van der Waals surface area contributed by atoms with Crippen LogP contribution in [0, 0.1) is 0 Å². The van der Waals surface area contributed by atoms with E-state index in [1.165, 1.54) is 15.9 Å². The number of hydrogen-bond acceptors (Lipinski definition) is 5. The van der Waals surface area contributed by atoms with Crippen LogP contribution in [0.3, 0.4) is 0 Å². The lowest BCUT2D eigenvalue weighted by atomic mass is 10.1. The lowest BCUT2D eigenvalue weighted by molar-refractivity contribution is 0.0638. The molecule has 0 bridgehead atoms. The van der Waals surface area contributed by atoms with E-state index in [1.54, 1.807) is 43.5 Å². The molecule has 3 N–H and O–H groups in total. The first-order valence-corrected chi connectivity index (χ1v) is 10.5. The van der Waals surface area contributed by atoms with Gasteiger partial charge in [-0.25, -0.2) is 4.79 Å². The molecule has 3 aromatic rings. The SMILES string of the molecule is COCCCN1C(=O)c2ccc(NC(=O)N(c3ccccc3)c3ccc(N)cc3)cc2C1=O. The fraction of sp³-hybridized carbons (Fsp3) is 0.160. The molecule has 1 aliphatic heterocycles. The summed E-state index contributed by atoms with van der Waals surface area (Å²) in [6.07, 6.45) is 0.555. The highest BCUT2D eigenvalue weighted by Crippen LogP contribution is 2.29. The molecule has 8 nitrogen and oxygen atoms in total. The van der Waals surface area contributed by atoms with E-state index in [2.05, 4.69) is 5.32 Å². The number of benzene rings is 3. The average Bonchev–Trinajstić information content (AvgIpc) is 3.06. The Morgan fingerprint density at radius 2 is 1.61 bits per heavy atom. The summed E-state index contributed by atoms with van der Waals surface area (Å²) in [6, 6.07) is 20.4.